The second-order valence-electron chi connectivity index (χ2n) is 7.67. The number of amides is 1. The smallest absolute Gasteiger partial charge is 0.355 e. The molecule has 1 aromatic heterocycles. The summed E-state index contributed by atoms with van der Waals surface area (Å²) >= 11 is 0. The summed E-state index contributed by atoms with van der Waals surface area (Å²) in [5.41, 5.74) is 3.39. The zero-order valence-corrected chi connectivity index (χ0v) is 17.9. The average Bonchev–Trinajstić information content (AvgIpc) is 3.07. The third-order valence-electron chi connectivity index (χ3n) is 5.06. The van der Waals surface area contributed by atoms with Crippen LogP contribution in [0.1, 0.15) is 22.8 Å². The van der Waals surface area contributed by atoms with Crippen LogP contribution in [0.3, 0.4) is 0 Å². The van der Waals surface area contributed by atoms with E-state index in [0.717, 1.165) is 29.8 Å². The largest absolute Gasteiger partial charge is 0.408 e. The highest BCUT2D eigenvalue weighted by Crippen LogP contribution is 2.26. The summed E-state index contributed by atoms with van der Waals surface area (Å²) in [5.74, 6) is -0.746. The summed E-state index contributed by atoms with van der Waals surface area (Å²) in [5, 5.41) is 10.3. The standard InChI is InChI=1S/C22H24F3N5O2/c1-14(22(23,24)25)27-21(32)12-29(2)11-15-5-4-6-19(18(15)13-31)28-17-7-8-20-16(9-17)10-26-30(20)3/h4-10,13-14,28H,11-12H2,1-3H3,(H,27,32)/t14-/m0/s1. The van der Waals surface area contributed by atoms with Crippen molar-refractivity contribution in [1.82, 2.24) is 20.0 Å². The maximum absolute atomic E-state index is 12.6. The minimum absolute atomic E-state index is 0.207. The number of aldehydes is 1. The molecule has 1 atom stereocenters. The van der Waals surface area contributed by atoms with E-state index in [9.17, 15) is 22.8 Å². The molecule has 0 unspecified atom stereocenters. The third kappa shape index (κ3) is 5.44. The molecule has 10 heteroatoms. The van der Waals surface area contributed by atoms with E-state index < -0.39 is 18.1 Å². The van der Waals surface area contributed by atoms with E-state index in [1.165, 1.54) is 0 Å². The van der Waals surface area contributed by atoms with Crippen molar-refractivity contribution in [2.24, 2.45) is 7.05 Å². The number of nitrogens with zero attached hydrogens (tertiary/aromatic N) is 3. The Labute approximate surface area is 183 Å². The van der Waals surface area contributed by atoms with Gasteiger partial charge in [-0.2, -0.15) is 18.3 Å². The number of likely N-dealkylation sites (N-methyl/N-ethyl adjacent to an activating group) is 1. The normalized spacial score (nSPS) is 12.7. The summed E-state index contributed by atoms with van der Waals surface area (Å²) in [4.78, 5) is 25.3. The van der Waals surface area contributed by atoms with Crippen molar-refractivity contribution in [3.8, 4) is 0 Å². The van der Waals surface area contributed by atoms with Gasteiger partial charge in [0.05, 0.1) is 18.3 Å². The van der Waals surface area contributed by atoms with Gasteiger partial charge in [-0.3, -0.25) is 19.2 Å². The number of nitrogens with one attached hydrogen (secondary N) is 2. The number of aryl methyl sites for hydroxylation is 1. The average molecular weight is 447 g/mol. The lowest BCUT2D eigenvalue weighted by Gasteiger charge is -2.21. The number of aromatic nitrogens is 2. The van der Waals surface area contributed by atoms with Crippen molar-refractivity contribution >= 4 is 34.5 Å². The Morgan fingerprint density at radius 3 is 2.72 bits per heavy atom. The Morgan fingerprint density at radius 2 is 2.03 bits per heavy atom. The van der Waals surface area contributed by atoms with Crippen LogP contribution in [0.5, 0.6) is 0 Å². The Morgan fingerprint density at radius 1 is 1.28 bits per heavy atom. The molecule has 32 heavy (non-hydrogen) atoms. The van der Waals surface area contributed by atoms with E-state index in [2.05, 4.69) is 10.4 Å². The Hall–Kier alpha value is -3.40. The van der Waals surface area contributed by atoms with Crippen LogP contribution in [-0.4, -0.2) is 52.7 Å². The first-order chi connectivity index (χ1) is 15.1. The molecular weight excluding hydrogens is 423 g/mol. The lowest BCUT2D eigenvalue weighted by Crippen LogP contribution is -2.46. The predicted molar refractivity (Wildman–Crippen MR) is 116 cm³/mol. The Kier molecular flexibility index (Phi) is 6.83. The second-order valence-corrected chi connectivity index (χ2v) is 7.67. The number of hydrogen-bond donors (Lipinski definition) is 2. The van der Waals surface area contributed by atoms with E-state index in [1.807, 2.05) is 30.6 Å². The number of carbonyl (C=O) groups excluding carboxylic acids is 2. The third-order valence-corrected chi connectivity index (χ3v) is 5.06. The van der Waals surface area contributed by atoms with Gasteiger partial charge in [-0.1, -0.05) is 12.1 Å². The number of hydrogen-bond acceptors (Lipinski definition) is 5. The zero-order chi connectivity index (χ0) is 23.5. The molecule has 0 bridgehead atoms. The topological polar surface area (TPSA) is 79.3 Å². The quantitative estimate of drug-likeness (QED) is 0.516. The minimum Gasteiger partial charge on any atom is -0.355 e. The van der Waals surface area contributed by atoms with Gasteiger partial charge >= 0.3 is 6.18 Å². The van der Waals surface area contributed by atoms with Crippen LogP contribution in [0.4, 0.5) is 24.5 Å². The molecule has 0 aliphatic rings. The SMILES string of the molecule is C[C@H](NC(=O)CN(C)Cc1cccc(Nc2ccc3c(cnn3C)c2)c1C=O)C(F)(F)F. The number of carbonyl (C=O) groups is 2. The number of benzene rings is 2. The van der Waals surface area contributed by atoms with Crippen LogP contribution in [0.25, 0.3) is 10.9 Å². The number of fused-ring (bicyclic) bond motifs is 1. The first-order valence-corrected chi connectivity index (χ1v) is 9.89. The van der Waals surface area contributed by atoms with Crippen LogP contribution in [-0.2, 0) is 18.4 Å². The molecule has 0 aliphatic carbocycles. The summed E-state index contributed by atoms with van der Waals surface area (Å²) in [6.07, 6.45) is -2.03. The molecule has 7 nitrogen and oxygen atoms in total. The van der Waals surface area contributed by atoms with Crippen molar-refractivity contribution in [1.29, 1.82) is 0 Å². The van der Waals surface area contributed by atoms with Gasteiger partial charge in [0.1, 0.15) is 6.04 Å². The van der Waals surface area contributed by atoms with Crippen LogP contribution < -0.4 is 10.6 Å². The fraction of sp³-hybridized carbons (Fsp3) is 0.318. The minimum atomic E-state index is -4.50. The highest BCUT2D eigenvalue weighted by atomic mass is 19.4. The number of halogens is 3. The molecule has 0 aliphatic heterocycles. The molecule has 3 rings (SSSR count). The molecular formula is C22H24F3N5O2. The zero-order valence-electron chi connectivity index (χ0n) is 17.9. The van der Waals surface area contributed by atoms with E-state index >= 15 is 0 Å². The van der Waals surface area contributed by atoms with Gasteiger partial charge in [-0.05, 0) is 43.8 Å². The number of alkyl halides is 3. The van der Waals surface area contributed by atoms with Gasteiger partial charge in [0, 0.05) is 35.9 Å². The molecule has 0 saturated heterocycles. The monoisotopic (exact) mass is 447 g/mol. The Balaban J connectivity index is 1.71. The molecule has 0 saturated carbocycles. The number of rotatable bonds is 8. The van der Waals surface area contributed by atoms with E-state index in [0.29, 0.717) is 16.8 Å². The van der Waals surface area contributed by atoms with Crippen LogP contribution in [0, 0.1) is 0 Å². The van der Waals surface area contributed by atoms with Gasteiger partial charge in [-0.25, -0.2) is 0 Å². The molecule has 1 heterocycles. The van der Waals surface area contributed by atoms with Crippen LogP contribution in [0.15, 0.2) is 42.6 Å². The molecule has 1 amide bonds. The first kappa shape index (κ1) is 23.3. The highest BCUT2D eigenvalue weighted by molar-refractivity contribution is 5.90. The van der Waals surface area contributed by atoms with E-state index in [4.69, 9.17) is 0 Å². The predicted octanol–water partition coefficient (Wildman–Crippen LogP) is 3.63. The van der Waals surface area contributed by atoms with Crippen molar-refractivity contribution in [2.45, 2.75) is 25.7 Å². The van der Waals surface area contributed by atoms with E-state index in [1.54, 1.807) is 41.0 Å². The summed E-state index contributed by atoms with van der Waals surface area (Å²) in [6.45, 7) is 0.855. The first-order valence-electron chi connectivity index (χ1n) is 9.89. The summed E-state index contributed by atoms with van der Waals surface area (Å²) < 4.78 is 39.6. The van der Waals surface area contributed by atoms with Gasteiger partial charge in [0.15, 0.2) is 6.29 Å². The van der Waals surface area contributed by atoms with Crippen molar-refractivity contribution in [3.05, 3.63) is 53.7 Å². The van der Waals surface area contributed by atoms with Crippen molar-refractivity contribution in [2.75, 3.05) is 18.9 Å². The molecule has 2 aromatic carbocycles. The molecule has 0 radical (unpaired) electrons. The van der Waals surface area contributed by atoms with Crippen molar-refractivity contribution in [3.63, 3.8) is 0 Å². The van der Waals surface area contributed by atoms with Gasteiger partial charge in [-0.15, -0.1) is 0 Å². The summed E-state index contributed by atoms with van der Waals surface area (Å²) in [7, 11) is 3.45. The van der Waals surface area contributed by atoms with Crippen LogP contribution in [0.2, 0.25) is 0 Å². The van der Waals surface area contributed by atoms with Gasteiger partial charge in [0.2, 0.25) is 5.91 Å². The molecule has 0 spiro atoms. The molecule has 0 fully saturated rings. The lowest BCUT2D eigenvalue weighted by atomic mass is 10.1. The van der Waals surface area contributed by atoms with Crippen LogP contribution >= 0.6 is 0 Å². The second kappa shape index (κ2) is 9.39. The molecule has 170 valence electrons. The van der Waals surface area contributed by atoms with Crippen molar-refractivity contribution < 1.29 is 22.8 Å². The Bertz CT molecular complexity index is 1130. The summed E-state index contributed by atoms with van der Waals surface area (Å²) in [6, 6.07) is 9.06. The molecule has 3 aromatic rings. The molecule has 2 N–H and O–H groups in total. The lowest BCUT2D eigenvalue weighted by molar-refractivity contribution is -0.158. The fourth-order valence-electron chi connectivity index (χ4n) is 3.36. The maximum Gasteiger partial charge on any atom is 0.408 e. The van der Waals surface area contributed by atoms with E-state index in [-0.39, 0.29) is 13.1 Å². The van der Waals surface area contributed by atoms with Gasteiger partial charge in [0.25, 0.3) is 0 Å². The fourth-order valence-corrected chi connectivity index (χ4v) is 3.36. The highest BCUT2D eigenvalue weighted by Gasteiger charge is 2.37. The number of anilines is 2. The van der Waals surface area contributed by atoms with Gasteiger partial charge < -0.3 is 10.6 Å². The maximum atomic E-state index is 12.6.